The Labute approximate surface area is 153 Å². The molecule has 0 saturated carbocycles. The van der Waals surface area contributed by atoms with Crippen LogP contribution in [0.4, 0.5) is 4.39 Å². The number of aromatic nitrogens is 1. The summed E-state index contributed by atoms with van der Waals surface area (Å²) in [5.41, 5.74) is 0.539. The van der Waals surface area contributed by atoms with Crippen molar-refractivity contribution in [2.24, 2.45) is 0 Å². The second-order valence-corrected chi connectivity index (χ2v) is 6.99. The zero-order valence-corrected chi connectivity index (χ0v) is 16.4. The maximum atomic E-state index is 14.1. The summed E-state index contributed by atoms with van der Waals surface area (Å²) in [7, 11) is 0. The molecule has 24 heavy (non-hydrogen) atoms. The van der Waals surface area contributed by atoms with E-state index in [4.69, 9.17) is 4.74 Å². The van der Waals surface area contributed by atoms with Crippen molar-refractivity contribution >= 4 is 21.9 Å². The van der Waals surface area contributed by atoms with E-state index >= 15 is 0 Å². The lowest BCUT2D eigenvalue weighted by molar-refractivity contribution is 0.0514. The number of aromatic amines is 1. The lowest BCUT2D eigenvalue weighted by Gasteiger charge is -2.02. The Bertz CT molecular complexity index is 462. The molecule has 0 unspecified atom stereocenters. The van der Waals surface area contributed by atoms with Gasteiger partial charge in [-0.25, -0.2) is 9.18 Å². The number of hydrogen-bond donors (Lipinski definition) is 1. The predicted molar refractivity (Wildman–Crippen MR) is 100 cm³/mol. The van der Waals surface area contributed by atoms with Crippen LogP contribution in [0.3, 0.4) is 0 Å². The second-order valence-electron chi connectivity index (χ2n) is 6.20. The number of alkyl halides is 1. The van der Waals surface area contributed by atoms with Crippen molar-refractivity contribution in [3.8, 4) is 0 Å². The van der Waals surface area contributed by atoms with Gasteiger partial charge in [-0.15, -0.1) is 0 Å². The number of rotatable bonds is 14. The molecule has 3 nitrogen and oxygen atoms in total. The van der Waals surface area contributed by atoms with E-state index in [0.29, 0.717) is 12.0 Å². The summed E-state index contributed by atoms with van der Waals surface area (Å²) in [6, 6.07) is 0. The molecule has 138 valence electrons. The van der Waals surface area contributed by atoms with Crippen LogP contribution in [-0.4, -0.2) is 22.9 Å². The standard InChI is InChI=1S/C19H31BrFNO2/c1-2-24-19(23)18-17(21)16(15-22-18)13-11-9-7-5-3-4-6-8-10-12-14-20/h15,22H,2-14H2,1H3. The summed E-state index contributed by atoms with van der Waals surface area (Å²) in [5.74, 6) is -1.06. The predicted octanol–water partition coefficient (Wildman–Crippen LogP) is 6.17. The second kappa shape index (κ2) is 13.5. The van der Waals surface area contributed by atoms with E-state index in [9.17, 15) is 9.18 Å². The van der Waals surface area contributed by atoms with Crippen LogP contribution in [0, 0.1) is 5.82 Å². The van der Waals surface area contributed by atoms with Gasteiger partial charge >= 0.3 is 5.97 Å². The van der Waals surface area contributed by atoms with Gasteiger partial charge < -0.3 is 9.72 Å². The maximum absolute atomic E-state index is 14.1. The van der Waals surface area contributed by atoms with Crippen molar-refractivity contribution in [2.45, 2.75) is 77.6 Å². The van der Waals surface area contributed by atoms with Crippen LogP contribution < -0.4 is 0 Å². The summed E-state index contributed by atoms with van der Waals surface area (Å²) in [5, 5.41) is 1.12. The quantitative estimate of drug-likeness (QED) is 0.229. The molecule has 1 rings (SSSR count). The van der Waals surface area contributed by atoms with Gasteiger partial charge in [0.15, 0.2) is 11.5 Å². The van der Waals surface area contributed by atoms with E-state index in [-0.39, 0.29) is 12.3 Å². The van der Waals surface area contributed by atoms with Crippen molar-refractivity contribution in [1.29, 1.82) is 0 Å². The molecule has 0 aliphatic carbocycles. The van der Waals surface area contributed by atoms with Gasteiger partial charge in [-0.1, -0.05) is 67.3 Å². The first-order chi connectivity index (χ1) is 11.7. The topological polar surface area (TPSA) is 42.1 Å². The molecule has 0 atom stereocenters. The van der Waals surface area contributed by atoms with Gasteiger partial charge in [0.2, 0.25) is 0 Å². The minimum atomic E-state index is -0.614. The lowest BCUT2D eigenvalue weighted by atomic mass is 10.0. The van der Waals surface area contributed by atoms with Crippen LogP contribution in [0.15, 0.2) is 6.20 Å². The van der Waals surface area contributed by atoms with Gasteiger partial charge in [0.25, 0.3) is 0 Å². The van der Waals surface area contributed by atoms with Crippen LogP contribution in [-0.2, 0) is 11.2 Å². The first-order valence-electron chi connectivity index (χ1n) is 9.29. The minimum Gasteiger partial charge on any atom is -0.461 e. The third-order valence-electron chi connectivity index (χ3n) is 4.20. The molecule has 0 amide bonds. The van der Waals surface area contributed by atoms with Crippen LogP contribution in [0.5, 0.6) is 0 Å². The van der Waals surface area contributed by atoms with E-state index in [1.54, 1.807) is 13.1 Å². The number of carbonyl (C=O) groups is 1. The molecule has 1 heterocycles. The highest BCUT2D eigenvalue weighted by atomic mass is 79.9. The van der Waals surface area contributed by atoms with Crippen LogP contribution >= 0.6 is 15.9 Å². The van der Waals surface area contributed by atoms with Crippen molar-refractivity contribution in [1.82, 2.24) is 4.98 Å². The highest BCUT2D eigenvalue weighted by Gasteiger charge is 2.18. The smallest absolute Gasteiger partial charge is 0.357 e. The van der Waals surface area contributed by atoms with E-state index in [1.165, 1.54) is 51.4 Å². The fraction of sp³-hybridized carbons (Fsp3) is 0.737. The molecule has 0 spiro atoms. The summed E-state index contributed by atoms with van der Waals surface area (Å²) in [6.07, 6.45) is 14.8. The van der Waals surface area contributed by atoms with E-state index in [1.807, 2.05) is 0 Å². The molecule has 1 N–H and O–H groups in total. The molecule has 0 bridgehead atoms. The number of aryl methyl sites for hydroxylation is 1. The third-order valence-corrected chi connectivity index (χ3v) is 4.76. The average Bonchev–Trinajstić information content (AvgIpc) is 2.94. The monoisotopic (exact) mass is 403 g/mol. The Morgan fingerprint density at radius 3 is 2.12 bits per heavy atom. The number of nitrogens with one attached hydrogen (secondary N) is 1. The Balaban J connectivity index is 2.06. The van der Waals surface area contributed by atoms with Crippen molar-refractivity contribution in [2.75, 3.05) is 11.9 Å². The number of unbranched alkanes of at least 4 members (excludes halogenated alkanes) is 9. The van der Waals surface area contributed by atoms with Gasteiger partial charge in [-0.05, 0) is 26.2 Å². The van der Waals surface area contributed by atoms with E-state index in [2.05, 4.69) is 20.9 Å². The molecule has 0 fully saturated rings. The molecular formula is C19H31BrFNO2. The van der Waals surface area contributed by atoms with Crippen molar-refractivity contribution in [3.05, 3.63) is 23.3 Å². The highest BCUT2D eigenvalue weighted by Crippen LogP contribution is 2.17. The van der Waals surface area contributed by atoms with Crippen LogP contribution in [0.25, 0.3) is 0 Å². The van der Waals surface area contributed by atoms with Gasteiger partial charge in [-0.2, -0.15) is 0 Å². The molecule has 0 aliphatic rings. The maximum Gasteiger partial charge on any atom is 0.357 e. The minimum absolute atomic E-state index is 0.0493. The molecule has 0 saturated heterocycles. The third kappa shape index (κ3) is 8.32. The van der Waals surface area contributed by atoms with Crippen LogP contribution in [0.2, 0.25) is 0 Å². The fourth-order valence-electron chi connectivity index (χ4n) is 2.80. The highest BCUT2D eigenvalue weighted by molar-refractivity contribution is 9.09. The summed E-state index contributed by atoms with van der Waals surface area (Å²) in [4.78, 5) is 14.2. The van der Waals surface area contributed by atoms with Gasteiger partial charge in [0, 0.05) is 17.1 Å². The van der Waals surface area contributed by atoms with Gasteiger partial charge in [0.1, 0.15) is 0 Å². The van der Waals surface area contributed by atoms with Gasteiger partial charge in [-0.3, -0.25) is 0 Å². The number of esters is 1. The van der Waals surface area contributed by atoms with Crippen molar-refractivity contribution in [3.63, 3.8) is 0 Å². The normalized spacial score (nSPS) is 11.0. The Kier molecular flexibility index (Phi) is 11.9. The number of hydrogen-bond acceptors (Lipinski definition) is 2. The fourth-order valence-corrected chi connectivity index (χ4v) is 3.20. The molecule has 1 aromatic heterocycles. The lowest BCUT2D eigenvalue weighted by Crippen LogP contribution is -2.07. The molecule has 0 aromatic carbocycles. The number of H-pyrrole nitrogens is 1. The largest absolute Gasteiger partial charge is 0.461 e. The zero-order valence-electron chi connectivity index (χ0n) is 14.8. The number of halogens is 2. The first-order valence-corrected chi connectivity index (χ1v) is 10.4. The van der Waals surface area contributed by atoms with Gasteiger partial charge in [0.05, 0.1) is 6.61 Å². The van der Waals surface area contributed by atoms with E-state index in [0.717, 1.165) is 18.2 Å². The Morgan fingerprint density at radius 2 is 1.58 bits per heavy atom. The molecule has 1 aromatic rings. The molecule has 0 radical (unpaired) electrons. The number of carbonyl (C=O) groups excluding carboxylic acids is 1. The summed E-state index contributed by atoms with van der Waals surface area (Å²) >= 11 is 3.46. The Morgan fingerprint density at radius 1 is 1.04 bits per heavy atom. The molecule has 5 heteroatoms. The van der Waals surface area contributed by atoms with Crippen molar-refractivity contribution < 1.29 is 13.9 Å². The Hall–Kier alpha value is -0.840. The zero-order chi connectivity index (χ0) is 17.6. The molecular weight excluding hydrogens is 373 g/mol. The molecule has 0 aliphatic heterocycles. The van der Waals surface area contributed by atoms with Crippen LogP contribution in [0.1, 0.15) is 87.2 Å². The summed E-state index contributed by atoms with van der Waals surface area (Å²) in [6.45, 7) is 1.96. The average molecular weight is 404 g/mol. The summed E-state index contributed by atoms with van der Waals surface area (Å²) < 4.78 is 18.9. The number of ether oxygens (including phenoxy) is 1. The SMILES string of the molecule is CCOC(=O)c1[nH]cc(CCCCCCCCCCCCBr)c1F. The first kappa shape index (κ1) is 21.2. The van der Waals surface area contributed by atoms with E-state index < -0.39 is 11.8 Å².